The lowest BCUT2D eigenvalue weighted by Gasteiger charge is -2.29. The van der Waals surface area contributed by atoms with Crippen molar-refractivity contribution in [1.82, 2.24) is 5.32 Å². The van der Waals surface area contributed by atoms with E-state index in [9.17, 15) is 13.2 Å². The van der Waals surface area contributed by atoms with Gasteiger partial charge in [-0.05, 0) is 45.1 Å². The second kappa shape index (κ2) is 7.47. The molecule has 0 heterocycles. The van der Waals surface area contributed by atoms with Gasteiger partial charge in [-0.1, -0.05) is 44.2 Å². The minimum absolute atomic E-state index is 0.103. The predicted molar refractivity (Wildman–Crippen MR) is 95.2 cm³/mol. The van der Waals surface area contributed by atoms with Crippen molar-refractivity contribution in [3.05, 3.63) is 35.9 Å². The molecule has 2 atom stereocenters. The Morgan fingerprint density at radius 3 is 2.09 bits per heavy atom. The van der Waals surface area contributed by atoms with Crippen LogP contribution in [-0.4, -0.2) is 30.9 Å². The molecule has 0 aliphatic carbocycles. The van der Waals surface area contributed by atoms with Gasteiger partial charge in [-0.15, -0.1) is 0 Å². The molecule has 0 radical (unpaired) electrons. The fourth-order valence-corrected chi connectivity index (χ4v) is 3.92. The van der Waals surface area contributed by atoms with E-state index in [1.807, 2.05) is 25.1 Å². The summed E-state index contributed by atoms with van der Waals surface area (Å²) in [6.07, 6.45) is 0.733. The van der Waals surface area contributed by atoms with Crippen LogP contribution in [0.15, 0.2) is 30.3 Å². The van der Waals surface area contributed by atoms with Gasteiger partial charge in [0.2, 0.25) is 5.91 Å². The number of hydrogen-bond acceptors (Lipinski definition) is 3. The van der Waals surface area contributed by atoms with Crippen molar-refractivity contribution < 1.29 is 13.2 Å². The predicted octanol–water partition coefficient (Wildman–Crippen LogP) is 3.07. The number of carbonyl (C=O) groups is 1. The third kappa shape index (κ3) is 5.06. The summed E-state index contributed by atoms with van der Waals surface area (Å²) in [7, 11) is -3.43. The molecule has 0 aliphatic rings. The molecule has 1 aromatic rings. The van der Waals surface area contributed by atoms with Gasteiger partial charge in [-0.3, -0.25) is 4.79 Å². The Bertz CT molecular complexity index is 621. The van der Waals surface area contributed by atoms with Crippen molar-refractivity contribution in [2.24, 2.45) is 0 Å². The maximum Gasteiger partial charge on any atom is 0.238 e. The zero-order valence-corrected chi connectivity index (χ0v) is 15.8. The van der Waals surface area contributed by atoms with Crippen LogP contribution in [0.2, 0.25) is 0 Å². The van der Waals surface area contributed by atoms with E-state index in [0.717, 1.165) is 6.42 Å². The fourth-order valence-electron chi connectivity index (χ4n) is 2.74. The van der Waals surface area contributed by atoms with E-state index >= 15 is 0 Å². The smallest absolute Gasteiger partial charge is 0.238 e. The summed E-state index contributed by atoms with van der Waals surface area (Å²) in [6, 6.07) is 10.0. The van der Waals surface area contributed by atoms with Gasteiger partial charge in [0.15, 0.2) is 9.84 Å². The van der Waals surface area contributed by atoms with Crippen molar-refractivity contribution in [1.29, 1.82) is 0 Å². The highest BCUT2D eigenvalue weighted by atomic mass is 32.2. The van der Waals surface area contributed by atoms with Gasteiger partial charge in [0.1, 0.15) is 5.25 Å². The van der Waals surface area contributed by atoms with Crippen molar-refractivity contribution in [3.8, 4) is 0 Å². The highest BCUT2D eigenvalue weighted by Gasteiger charge is 2.32. The molecular formula is C18H29NO3S. The van der Waals surface area contributed by atoms with Crippen molar-refractivity contribution >= 4 is 15.7 Å². The summed E-state index contributed by atoms with van der Waals surface area (Å²) in [5.74, 6) is -0.421. The monoisotopic (exact) mass is 339 g/mol. The summed E-state index contributed by atoms with van der Waals surface area (Å²) >= 11 is 0. The fraction of sp³-hybridized carbons (Fsp3) is 0.611. The molecule has 5 heteroatoms. The molecule has 0 unspecified atom stereocenters. The van der Waals surface area contributed by atoms with Crippen LogP contribution >= 0.6 is 0 Å². The van der Waals surface area contributed by atoms with Crippen LogP contribution < -0.4 is 5.32 Å². The summed E-state index contributed by atoms with van der Waals surface area (Å²) < 4.78 is 24.2. The summed E-state index contributed by atoms with van der Waals surface area (Å²) in [5, 5.41) is 1.27. The number of amides is 1. The zero-order chi connectivity index (χ0) is 17.8. The molecule has 0 aromatic heterocycles. The molecule has 130 valence electrons. The number of benzene rings is 1. The van der Waals surface area contributed by atoms with Gasteiger partial charge < -0.3 is 5.32 Å². The number of rotatable bonds is 7. The Hall–Kier alpha value is -1.36. The van der Waals surface area contributed by atoms with Gasteiger partial charge in [-0.25, -0.2) is 8.42 Å². The lowest BCUT2D eigenvalue weighted by molar-refractivity contribution is -0.121. The first kappa shape index (κ1) is 19.7. The van der Waals surface area contributed by atoms with Crippen molar-refractivity contribution in [2.45, 2.75) is 69.9 Å². The van der Waals surface area contributed by atoms with Crippen LogP contribution in [-0.2, 0) is 20.0 Å². The molecule has 23 heavy (non-hydrogen) atoms. The Morgan fingerprint density at radius 2 is 1.61 bits per heavy atom. The lowest BCUT2D eigenvalue weighted by atomic mass is 9.79. The molecule has 0 aliphatic heterocycles. The van der Waals surface area contributed by atoms with Crippen LogP contribution in [0, 0.1) is 0 Å². The molecule has 0 saturated heterocycles. The topological polar surface area (TPSA) is 63.2 Å². The van der Waals surface area contributed by atoms with Gasteiger partial charge in [-0.2, -0.15) is 0 Å². The third-order valence-electron chi connectivity index (χ3n) is 4.28. The molecule has 0 bridgehead atoms. The number of hydrogen-bond donors (Lipinski definition) is 1. The highest BCUT2D eigenvalue weighted by Crippen LogP contribution is 2.28. The van der Waals surface area contributed by atoms with Crippen LogP contribution in [0.1, 0.15) is 53.5 Å². The van der Waals surface area contributed by atoms with Crippen molar-refractivity contribution in [3.63, 3.8) is 0 Å². The number of sulfone groups is 1. The molecule has 1 amide bonds. The van der Waals surface area contributed by atoms with E-state index in [4.69, 9.17) is 0 Å². The lowest BCUT2D eigenvalue weighted by Crippen LogP contribution is -2.45. The standard InChI is InChI=1S/C18H29NO3S/c1-13(2)23(21,22)15(4)17(20)19-14(3)12-18(5,6)16-10-8-7-9-11-16/h7-11,13-15H,12H2,1-6H3,(H,19,20)/t14-,15-/m1/s1. The van der Waals surface area contributed by atoms with Crippen LogP contribution in [0.3, 0.4) is 0 Å². The second-order valence-electron chi connectivity index (χ2n) is 7.14. The third-order valence-corrected chi connectivity index (χ3v) is 6.79. The summed E-state index contributed by atoms with van der Waals surface area (Å²) in [4.78, 5) is 12.2. The normalized spacial score (nSPS) is 15.3. The summed E-state index contributed by atoms with van der Waals surface area (Å²) in [6.45, 7) is 10.8. The summed E-state index contributed by atoms with van der Waals surface area (Å²) in [5.41, 5.74) is 1.10. The van der Waals surface area contributed by atoms with Crippen molar-refractivity contribution in [2.75, 3.05) is 0 Å². The Morgan fingerprint density at radius 1 is 1.09 bits per heavy atom. The molecule has 0 saturated carbocycles. The van der Waals surface area contributed by atoms with Gasteiger partial charge in [0.05, 0.1) is 5.25 Å². The first-order valence-electron chi connectivity index (χ1n) is 8.07. The molecule has 1 aromatic carbocycles. The van der Waals surface area contributed by atoms with Crippen LogP contribution in [0.25, 0.3) is 0 Å². The van der Waals surface area contributed by atoms with E-state index in [0.29, 0.717) is 0 Å². The molecule has 4 nitrogen and oxygen atoms in total. The largest absolute Gasteiger partial charge is 0.353 e. The second-order valence-corrected chi connectivity index (χ2v) is 9.97. The average molecular weight is 340 g/mol. The van der Waals surface area contributed by atoms with E-state index in [2.05, 4.69) is 31.3 Å². The van der Waals surface area contributed by atoms with Gasteiger partial charge >= 0.3 is 0 Å². The Labute approximate surface area is 140 Å². The SMILES string of the molecule is CC(C)S(=O)(=O)[C@H](C)C(=O)N[C@H](C)CC(C)(C)c1ccccc1. The first-order chi connectivity index (χ1) is 10.5. The van der Waals surface area contributed by atoms with Gasteiger partial charge in [0, 0.05) is 6.04 Å². The quantitative estimate of drug-likeness (QED) is 0.830. The number of nitrogens with one attached hydrogen (secondary N) is 1. The van der Waals surface area contributed by atoms with Gasteiger partial charge in [0.25, 0.3) is 0 Å². The first-order valence-corrected chi connectivity index (χ1v) is 9.68. The molecule has 0 fully saturated rings. The van der Waals surface area contributed by atoms with E-state index in [1.165, 1.54) is 12.5 Å². The number of carbonyl (C=O) groups excluding carboxylic acids is 1. The Kier molecular flexibility index (Phi) is 6.40. The molecule has 1 N–H and O–H groups in total. The average Bonchev–Trinajstić information content (AvgIpc) is 2.46. The zero-order valence-electron chi connectivity index (χ0n) is 15.0. The highest BCUT2D eigenvalue weighted by molar-refractivity contribution is 7.93. The van der Waals surface area contributed by atoms with Crippen LogP contribution in [0.5, 0.6) is 0 Å². The molecule has 1 rings (SSSR count). The molecular weight excluding hydrogens is 310 g/mol. The maximum atomic E-state index is 12.2. The van der Waals surface area contributed by atoms with E-state index < -0.39 is 26.2 Å². The van der Waals surface area contributed by atoms with Crippen LogP contribution in [0.4, 0.5) is 0 Å². The minimum atomic E-state index is -3.43. The molecule has 0 spiro atoms. The minimum Gasteiger partial charge on any atom is -0.353 e. The maximum absolute atomic E-state index is 12.2. The Balaban J connectivity index is 2.73. The van der Waals surface area contributed by atoms with E-state index in [-0.39, 0.29) is 11.5 Å². The van der Waals surface area contributed by atoms with E-state index in [1.54, 1.807) is 13.8 Å².